The smallest absolute Gasteiger partial charge is 0.410 e. The first kappa shape index (κ1) is 16.0. The minimum absolute atomic E-state index is 0.225. The van der Waals surface area contributed by atoms with E-state index in [4.69, 9.17) is 21.1 Å². The molecule has 1 fully saturated rings. The normalized spacial score (nSPS) is 15.5. The van der Waals surface area contributed by atoms with Gasteiger partial charge in [0.05, 0.1) is 6.61 Å². The van der Waals surface area contributed by atoms with E-state index in [1.54, 1.807) is 4.90 Å². The SMILES string of the molecule is CC(C)(C)OC(=O)N1CC(CCOc2ccc(Cl)cc2)C1. The number of ether oxygens (including phenoxy) is 2. The standard InChI is InChI=1S/C16H22ClNO3/c1-16(2,3)21-15(19)18-10-12(11-18)8-9-20-14-6-4-13(17)5-7-14/h4-7,12H,8-11H2,1-3H3. The second kappa shape index (κ2) is 6.56. The van der Waals surface area contributed by atoms with Crippen molar-refractivity contribution in [3.05, 3.63) is 29.3 Å². The monoisotopic (exact) mass is 311 g/mol. The zero-order chi connectivity index (χ0) is 15.5. The fraction of sp³-hybridized carbons (Fsp3) is 0.562. The Kier molecular flexibility index (Phi) is 4.99. The molecule has 0 N–H and O–H groups in total. The van der Waals surface area contributed by atoms with Crippen molar-refractivity contribution < 1.29 is 14.3 Å². The molecule has 0 bridgehead atoms. The van der Waals surface area contributed by atoms with Gasteiger partial charge in [0, 0.05) is 18.1 Å². The van der Waals surface area contributed by atoms with Crippen LogP contribution in [0.25, 0.3) is 0 Å². The summed E-state index contributed by atoms with van der Waals surface area (Å²) in [4.78, 5) is 13.5. The number of carbonyl (C=O) groups is 1. The number of benzene rings is 1. The highest BCUT2D eigenvalue weighted by Gasteiger charge is 2.33. The van der Waals surface area contributed by atoms with Crippen molar-refractivity contribution in [1.29, 1.82) is 0 Å². The molecule has 0 spiro atoms. The maximum Gasteiger partial charge on any atom is 0.410 e. The summed E-state index contributed by atoms with van der Waals surface area (Å²) < 4.78 is 11.0. The van der Waals surface area contributed by atoms with Crippen LogP contribution in [0.2, 0.25) is 5.02 Å². The van der Waals surface area contributed by atoms with E-state index < -0.39 is 5.60 Å². The molecule has 1 aromatic rings. The summed E-state index contributed by atoms with van der Waals surface area (Å²) in [5.74, 6) is 1.31. The molecule has 4 nitrogen and oxygen atoms in total. The Hall–Kier alpha value is -1.42. The summed E-state index contributed by atoms with van der Waals surface area (Å²) in [6.07, 6.45) is 0.708. The summed E-state index contributed by atoms with van der Waals surface area (Å²) >= 11 is 5.81. The van der Waals surface area contributed by atoms with Gasteiger partial charge in [-0.3, -0.25) is 0 Å². The second-order valence-corrected chi connectivity index (χ2v) is 6.78. The molecular weight excluding hydrogens is 290 g/mol. The predicted molar refractivity (Wildman–Crippen MR) is 82.9 cm³/mol. The Morgan fingerprint density at radius 1 is 1.29 bits per heavy atom. The predicted octanol–water partition coefficient (Wildman–Crippen LogP) is 3.98. The van der Waals surface area contributed by atoms with Crippen LogP contribution in [0.5, 0.6) is 5.75 Å². The molecule has 1 aliphatic rings. The Bertz CT molecular complexity index is 475. The molecular formula is C16H22ClNO3. The van der Waals surface area contributed by atoms with Crippen molar-refractivity contribution >= 4 is 17.7 Å². The van der Waals surface area contributed by atoms with Crippen LogP contribution in [0.15, 0.2) is 24.3 Å². The molecule has 0 unspecified atom stereocenters. The third kappa shape index (κ3) is 5.12. The molecule has 0 atom stereocenters. The minimum atomic E-state index is -0.431. The molecule has 1 amide bonds. The molecule has 0 aliphatic carbocycles. The topological polar surface area (TPSA) is 38.8 Å². The number of nitrogens with zero attached hydrogens (tertiary/aromatic N) is 1. The van der Waals surface area contributed by atoms with Crippen LogP contribution in [-0.4, -0.2) is 36.3 Å². The second-order valence-electron chi connectivity index (χ2n) is 6.34. The number of hydrogen-bond donors (Lipinski definition) is 0. The first-order valence-corrected chi connectivity index (χ1v) is 7.57. The number of hydrogen-bond acceptors (Lipinski definition) is 3. The summed E-state index contributed by atoms with van der Waals surface area (Å²) in [6.45, 7) is 7.78. The molecule has 116 valence electrons. The molecule has 1 heterocycles. The molecule has 5 heteroatoms. The zero-order valence-electron chi connectivity index (χ0n) is 12.8. The van der Waals surface area contributed by atoms with Crippen LogP contribution >= 0.6 is 11.6 Å². The first-order valence-electron chi connectivity index (χ1n) is 7.20. The van der Waals surface area contributed by atoms with Gasteiger partial charge in [0.25, 0.3) is 0 Å². The number of halogens is 1. The van der Waals surface area contributed by atoms with Crippen LogP contribution in [0.1, 0.15) is 27.2 Å². The van der Waals surface area contributed by atoms with Crippen LogP contribution in [0.3, 0.4) is 0 Å². The lowest BCUT2D eigenvalue weighted by Gasteiger charge is -2.39. The lowest BCUT2D eigenvalue weighted by atomic mass is 9.97. The molecule has 0 saturated carbocycles. The molecule has 1 saturated heterocycles. The summed E-state index contributed by atoms with van der Waals surface area (Å²) in [6, 6.07) is 7.33. The van der Waals surface area contributed by atoms with Crippen molar-refractivity contribution in [2.75, 3.05) is 19.7 Å². The van der Waals surface area contributed by atoms with Gasteiger partial charge in [-0.05, 0) is 57.4 Å². The molecule has 2 rings (SSSR count). The van der Waals surface area contributed by atoms with E-state index in [1.807, 2.05) is 45.0 Å². The quantitative estimate of drug-likeness (QED) is 0.844. The van der Waals surface area contributed by atoms with E-state index in [2.05, 4.69) is 0 Å². The lowest BCUT2D eigenvalue weighted by molar-refractivity contribution is -0.00383. The maximum absolute atomic E-state index is 11.8. The van der Waals surface area contributed by atoms with Gasteiger partial charge in [-0.15, -0.1) is 0 Å². The third-order valence-electron chi connectivity index (χ3n) is 3.22. The van der Waals surface area contributed by atoms with E-state index in [-0.39, 0.29) is 6.09 Å². The Morgan fingerprint density at radius 3 is 2.48 bits per heavy atom. The highest BCUT2D eigenvalue weighted by atomic mass is 35.5. The molecule has 21 heavy (non-hydrogen) atoms. The minimum Gasteiger partial charge on any atom is -0.494 e. The summed E-state index contributed by atoms with van der Waals surface area (Å²) in [7, 11) is 0. The lowest BCUT2D eigenvalue weighted by Crippen LogP contribution is -2.51. The van der Waals surface area contributed by atoms with E-state index in [1.165, 1.54) is 0 Å². The van der Waals surface area contributed by atoms with Gasteiger partial charge in [-0.1, -0.05) is 11.6 Å². The molecule has 1 aliphatic heterocycles. The highest BCUT2D eigenvalue weighted by molar-refractivity contribution is 6.30. The van der Waals surface area contributed by atoms with Crippen LogP contribution in [0.4, 0.5) is 4.79 Å². The Morgan fingerprint density at radius 2 is 1.90 bits per heavy atom. The number of amides is 1. The van der Waals surface area contributed by atoms with Crippen molar-refractivity contribution in [3.63, 3.8) is 0 Å². The summed E-state index contributed by atoms with van der Waals surface area (Å²) in [5, 5.41) is 0.703. The van der Waals surface area contributed by atoms with Gasteiger partial charge in [-0.2, -0.15) is 0 Å². The number of carbonyl (C=O) groups excluding carboxylic acids is 1. The fourth-order valence-electron chi connectivity index (χ4n) is 2.10. The fourth-order valence-corrected chi connectivity index (χ4v) is 2.23. The average molecular weight is 312 g/mol. The maximum atomic E-state index is 11.8. The van der Waals surface area contributed by atoms with Gasteiger partial charge >= 0.3 is 6.09 Å². The first-order chi connectivity index (χ1) is 9.83. The average Bonchev–Trinajstić information content (AvgIpc) is 2.32. The van der Waals surface area contributed by atoms with Crippen molar-refractivity contribution in [2.45, 2.75) is 32.8 Å². The van der Waals surface area contributed by atoms with E-state index in [0.29, 0.717) is 17.5 Å². The third-order valence-corrected chi connectivity index (χ3v) is 3.47. The molecule has 0 aromatic heterocycles. The summed E-state index contributed by atoms with van der Waals surface area (Å²) in [5.41, 5.74) is -0.431. The Labute approximate surface area is 131 Å². The van der Waals surface area contributed by atoms with Crippen LogP contribution < -0.4 is 4.74 Å². The van der Waals surface area contributed by atoms with Gasteiger partial charge in [0.1, 0.15) is 11.4 Å². The molecule has 1 aromatic carbocycles. The van der Waals surface area contributed by atoms with Crippen molar-refractivity contribution in [1.82, 2.24) is 4.90 Å². The van der Waals surface area contributed by atoms with Crippen molar-refractivity contribution in [2.24, 2.45) is 5.92 Å². The van der Waals surface area contributed by atoms with Gasteiger partial charge in [0.15, 0.2) is 0 Å². The number of likely N-dealkylation sites (tertiary alicyclic amines) is 1. The van der Waals surface area contributed by atoms with E-state index >= 15 is 0 Å². The van der Waals surface area contributed by atoms with Gasteiger partial charge < -0.3 is 14.4 Å². The highest BCUT2D eigenvalue weighted by Crippen LogP contribution is 2.23. The number of rotatable bonds is 4. The van der Waals surface area contributed by atoms with E-state index in [9.17, 15) is 4.79 Å². The van der Waals surface area contributed by atoms with Crippen LogP contribution in [-0.2, 0) is 4.74 Å². The van der Waals surface area contributed by atoms with Gasteiger partial charge in [0.2, 0.25) is 0 Å². The van der Waals surface area contributed by atoms with Crippen LogP contribution in [0, 0.1) is 5.92 Å². The largest absolute Gasteiger partial charge is 0.494 e. The van der Waals surface area contributed by atoms with E-state index in [0.717, 1.165) is 25.3 Å². The molecule has 0 radical (unpaired) electrons. The van der Waals surface area contributed by atoms with Crippen molar-refractivity contribution in [3.8, 4) is 5.75 Å². The van der Waals surface area contributed by atoms with Gasteiger partial charge in [-0.25, -0.2) is 4.79 Å². The Balaban J connectivity index is 1.62. The zero-order valence-corrected chi connectivity index (χ0v) is 13.5.